The summed E-state index contributed by atoms with van der Waals surface area (Å²) in [5, 5.41) is 0. The van der Waals surface area contributed by atoms with Crippen molar-refractivity contribution in [3.8, 4) is 0 Å². The minimum atomic E-state index is 0.283. The van der Waals surface area contributed by atoms with E-state index in [2.05, 4.69) is 11.9 Å². The molecule has 3 aliphatic rings. The SMILES string of the molecule is CN1C2COCC1CC1(CO1)C2. The first kappa shape index (κ1) is 7.30. The second-order valence-electron chi connectivity index (χ2n) is 4.39. The normalized spacial score (nSPS) is 52.8. The fraction of sp³-hybridized carbons (Fsp3) is 1.00. The van der Waals surface area contributed by atoms with Gasteiger partial charge in [-0.2, -0.15) is 0 Å². The van der Waals surface area contributed by atoms with Crippen molar-refractivity contribution in [3.05, 3.63) is 0 Å². The van der Waals surface area contributed by atoms with Crippen LogP contribution in [0.3, 0.4) is 0 Å². The number of epoxide rings is 1. The van der Waals surface area contributed by atoms with E-state index in [9.17, 15) is 0 Å². The van der Waals surface area contributed by atoms with E-state index in [1.165, 1.54) is 12.8 Å². The van der Waals surface area contributed by atoms with Crippen LogP contribution in [0.5, 0.6) is 0 Å². The summed E-state index contributed by atoms with van der Waals surface area (Å²) in [6, 6.07) is 1.22. The second kappa shape index (κ2) is 2.22. The van der Waals surface area contributed by atoms with Gasteiger partial charge in [-0.3, -0.25) is 4.90 Å². The van der Waals surface area contributed by atoms with Crippen LogP contribution in [0.25, 0.3) is 0 Å². The second-order valence-corrected chi connectivity index (χ2v) is 4.39. The van der Waals surface area contributed by atoms with Crippen molar-refractivity contribution in [2.24, 2.45) is 0 Å². The van der Waals surface area contributed by atoms with E-state index < -0.39 is 0 Å². The first-order chi connectivity index (χ1) is 5.79. The molecule has 3 heteroatoms. The fourth-order valence-electron chi connectivity index (χ4n) is 2.56. The van der Waals surface area contributed by atoms with Crippen LogP contribution in [-0.4, -0.2) is 49.5 Å². The smallest absolute Gasteiger partial charge is 0.0948 e. The number of hydrogen-bond acceptors (Lipinski definition) is 3. The maximum absolute atomic E-state index is 5.54. The van der Waals surface area contributed by atoms with Gasteiger partial charge in [-0.1, -0.05) is 0 Å². The van der Waals surface area contributed by atoms with Crippen molar-refractivity contribution in [3.63, 3.8) is 0 Å². The predicted molar refractivity (Wildman–Crippen MR) is 44.1 cm³/mol. The van der Waals surface area contributed by atoms with Crippen LogP contribution in [0.15, 0.2) is 0 Å². The van der Waals surface area contributed by atoms with Gasteiger partial charge in [0.15, 0.2) is 0 Å². The maximum Gasteiger partial charge on any atom is 0.0948 e. The number of fused-ring (bicyclic) bond motifs is 2. The molecule has 2 atom stereocenters. The molecule has 0 amide bonds. The van der Waals surface area contributed by atoms with Gasteiger partial charge < -0.3 is 9.47 Å². The zero-order valence-corrected chi connectivity index (χ0v) is 7.45. The largest absolute Gasteiger partial charge is 0.378 e. The van der Waals surface area contributed by atoms with Gasteiger partial charge in [0.05, 0.1) is 25.4 Å². The van der Waals surface area contributed by atoms with Crippen molar-refractivity contribution >= 4 is 0 Å². The number of nitrogens with zero attached hydrogens (tertiary/aromatic N) is 1. The summed E-state index contributed by atoms with van der Waals surface area (Å²) in [4.78, 5) is 2.47. The Labute approximate surface area is 72.6 Å². The molecule has 0 saturated carbocycles. The van der Waals surface area contributed by atoms with Crippen LogP contribution >= 0.6 is 0 Å². The Balaban J connectivity index is 1.82. The molecule has 0 aliphatic carbocycles. The van der Waals surface area contributed by atoms with Crippen LogP contribution in [-0.2, 0) is 9.47 Å². The number of likely N-dealkylation sites (N-methyl/N-ethyl adjacent to an activating group) is 1. The van der Waals surface area contributed by atoms with Gasteiger partial charge in [0.2, 0.25) is 0 Å². The van der Waals surface area contributed by atoms with Gasteiger partial charge in [0, 0.05) is 12.1 Å². The van der Waals surface area contributed by atoms with Gasteiger partial charge in [0.25, 0.3) is 0 Å². The molecule has 68 valence electrons. The van der Waals surface area contributed by atoms with Gasteiger partial charge in [-0.15, -0.1) is 0 Å². The standard InChI is InChI=1S/C9H15NO2/c1-10-7-2-9(6-12-9)3-8(10)5-11-4-7/h7-8H,2-6H2,1H3. The van der Waals surface area contributed by atoms with E-state index in [4.69, 9.17) is 9.47 Å². The molecule has 2 bridgehead atoms. The number of hydrogen-bond donors (Lipinski definition) is 0. The molecule has 12 heavy (non-hydrogen) atoms. The first-order valence-corrected chi connectivity index (χ1v) is 4.73. The van der Waals surface area contributed by atoms with Gasteiger partial charge in [-0.05, 0) is 19.9 Å². The lowest BCUT2D eigenvalue weighted by Gasteiger charge is -2.45. The maximum atomic E-state index is 5.54. The van der Waals surface area contributed by atoms with E-state index in [1.54, 1.807) is 0 Å². The van der Waals surface area contributed by atoms with Gasteiger partial charge in [0.1, 0.15) is 0 Å². The highest BCUT2D eigenvalue weighted by molar-refractivity contribution is 5.05. The molecule has 0 aromatic carbocycles. The van der Waals surface area contributed by atoms with Gasteiger partial charge >= 0.3 is 0 Å². The highest BCUT2D eigenvalue weighted by Crippen LogP contribution is 2.43. The Hall–Kier alpha value is -0.120. The van der Waals surface area contributed by atoms with Crippen molar-refractivity contribution < 1.29 is 9.47 Å². The summed E-state index contributed by atoms with van der Waals surface area (Å²) in [5.74, 6) is 0. The van der Waals surface area contributed by atoms with E-state index in [1.807, 2.05) is 0 Å². The monoisotopic (exact) mass is 169 g/mol. The van der Waals surface area contributed by atoms with E-state index >= 15 is 0 Å². The zero-order chi connectivity index (χ0) is 8.18. The molecule has 3 fully saturated rings. The Kier molecular flexibility index (Phi) is 1.35. The molecule has 0 N–H and O–H groups in total. The lowest BCUT2D eigenvalue weighted by Crippen LogP contribution is -2.57. The highest BCUT2D eigenvalue weighted by Gasteiger charge is 2.53. The Morgan fingerprint density at radius 1 is 1.25 bits per heavy atom. The number of piperidine rings is 1. The van der Waals surface area contributed by atoms with Crippen molar-refractivity contribution in [1.82, 2.24) is 4.90 Å². The summed E-state index contributed by atoms with van der Waals surface area (Å²) in [5.41, 5.74) is 0.283. The number of morpholine rings is 1. The minimum Gasteiger partial charge on any atom is -0.378 e. The van der Waals surface area contributed by atoms with Crippen LogP contribution in [0.4, 0.5) is 0 Å². The molecule has 0 aromatic rings. The third-order valence-corrected chi connectivity index (χ3v) is 3.54. The van der Waals surface area contributed by atoms with Crippen LogP contribution in [0.1, 0.15) is 12.8 Å². The van der Waals surface area contributed by atoms with Gasteiger partial charge in [-0.25, -0.2) is 0 Å². The number of ether oxygens (including phenoxy) is 2. The zero-order valence-electron chi connectivity index (χ0n) is 7.45. The number of rotatable bonds is 0. The summed E-state index contributed by atoms with van der Waals surface area (Å²) < 4.78 is 11.1. The summed E-state index contributed by atoms with van der Waals surface area (Å²) in [7, 11) is 2.22. The molecule has 0 radical (unpaired) electrons. The van der Waals surface area contributed by atoms with E-state index in [0.29, 0.717) is 12.1 Å². The fourth-order valence-corrected chi connectivity index (χ4v) is 2.56. The molecular weight excluding hydrogens is 154 g/mol. The minimum absolute atomic E-state index is 0.283. The van der Waals surface area contributed by atoms with Crippen LogP contribution in [0, 0.1) is 0 Å². The molecule has 3 heterocycles. The molecular formula is C9H15NO2. The van der Waals surface area contributed by atoms with Crippen molar-refractivity contribution in [1.29, 1.82) is 0 Å². The summed E-state index contributed by atoms with van der Waals surface area (Å²) in [6.45, 7) is 2.80. The molecule has 3 nitrogen and oxygen atoms in total. The van der Waals surface area contributed by atoms with Crippen LogP contribution < -0.4 is 0 Å². The third kappa shape index (κ3) is 0.934. The first-order valence-electron chi connectivity index (χ1n) is 4.73. The lowest BCUT2D eigenvalue weighted by atomic mass is 9.86. The Morgan fingerprint density at radius 2 is 1.83 bits per heavy atom. The lowest BCUT2D eigenvalue weighted by molar-refractivity contribution is -0.0800. The van der Waals surface area contributed by atoms with Crippen LogP contribution in [0.2, 0.25) is 0 Å². The summed E-state index contributed by atoms with van der Waals surface area (Å²) in [6.07, 6.45) is 2.36. The van der Waals surface area contributed by atoms with E-state index in [0.717, 1.165) is 19.8 Å². The molecule has 3 aliphatic heterocycles. The average molecular weight is 169 g/mol. The Bertz CT molecular complexity index is 187. The average Bonchev–Trinajstić information content (AvgIpc) is 2.74. The molecule has 3 saturated heterocycles. The topological polar surface area (TPSA) is 25.0 Å². The Morgan fingerprint density at radius 3 is 2.33 bits per heavy atom. The summed E-state index contributed by atoms with van der Waals surface area (Å²) >= 11 is 0. The molecule has 0 aromatic heterocycles. The third-order valence-electron chi connectivity index (χ3n) is 3.54. The molecule has 3 rings (SSSR count). The molecule has 1 spiro atoms. The predicted octanol–water partition coefficient (Wildman–Crippen LogP) is 0.248. The van der Waals surface area contributed by atoms with Crippen molar-refractivity contribution in [2.45, 2.75) is 30.5 Å². The van der Waals surface area contributed by atoms with E-state index in [-0.39, 0.29) is 5.60 Å². The molecule has 2 unspecified atom stereocenters. The van der Waals surface area contributed by atoms with Crippen molar-refractivity contribution in [2.75, 3.05) is 26.9 Å². The highest BCUT2D eigenvalue weighted by atomic mass is 16.6. The quantitative estimate of drug-likeness (QED) is 0.486.